The topological polar surface area (TPSA) is 105 Å². The summed E-state index contributed by atoms with van der Waals surface area (Å²) in [6.45, 7) is 6.56. The number of carboxylic acids is 1. The van der Waals surface area contributed by atoms with Gasteiger partial charge in [-0.3, -0.25) is 0 Å². The van der Waals surface area contributed by atoms with Crippen LogP contribution in [0.15, 0.2) is 23.1 Å². The Morgan fingerprint density at radius 3 is 2.27 bits per heavy atom. The molecule has 3 saturated heterocycles. The summed E-state index contributed by atoms with van der Waals surface area (Å²) in [6.07, 6.45) is -1.02. The van der Waals surface area contributed by atoms with E-state index in [9.17, 15) is 35.6 Å². The number of hydrogen-bond donors (Lipinski definition) is 1. The summed E-state index contributed by atoms with van der Waals surface area (Å²) >= 11 is 0. The number of nitrogens with zero attached hydrogens (tertiary/aromatic N) is 4. The fourth-order valence-corrected chi connectivity index (χ4v) is 7.57. The number of hydrogen-bond acceptors (Lipinski definition) is 6. The van der Waals surface area contributed by atoms with E-state index in [1.165, 1.54) is 18.9 Å². The Morgan fingerprint density at radius 2 is 1.75 bits per heavy atom. The zero-order valence-electron chi connectivity index (χ0n) is 22.1. The lowest BCUT2D eigenvalue weighted by Crippen LogP contribution is -2.52. The van der Waals surface area contributed by atoms with Crippen LogP contribution < -0.4 is 4.90 Å². The predicted molar refractivity (Wildman–Crippen MR) is 135 cm³/mol. The first-order chi connectivity index (χ1) is 18.6. The van der Waals surface area contributed by atoms with E-state index in [2.05, 4.69) is 11.8 Å². The van der Waals surface area contributed by atoms with E-state index in [-0.39, 0.29) is 35.9 Å². The summed E-state index contributed by atoms with van der Waals surface area (Å²) in [7, 11) is -3.84. The second kappa shape index (κ2) is 11.1. The van der Waals surface area contributed by atoms with Gasteiger partial charge in [0.05, 0.1) is 22.7 Å². The molecule has 1 aromatic carbocycles. The van der Waals surface area contributed by atoms with Crippen LogP contribution in [0.2, 0.25) is 0 Å². The minimum absolute atomic E-state index is 0.0767. The fraction of sp³-hybridized carbons (Fsp3) is 0.692. The largest absolute Gasteiger partial charge is 0.490 e. The van der Waals surface area contributed by atoms with Crippen LogP contribution in [0, 0.1) is 28.6 Å². The lowest BCUT2D eigenvalue weighted by molar-refractivity contribution is -0.192. The number of rotatable bonds is 5. The minimum Gasteiger partial charge on any atom is -0.475 e. The molecular formula is C26H33F5N4O4S. The summed E-state index contributed by atoms with van der Waals surface area (Å²) in [5, 5.41) is 16.5. The highest BCUT2D eigenvalue weighted by atomic mass is 32.2. The molecule has 4 aliphatic rings. The molecule has 1 unspecified atom stereocenters. The van der Waals surface area contributed by atoms with Crippen LogP contribution in [0.5, 0.6) is 0 Å². The molecule has 3 aliphatic heterocycles. The monoisotopic (exact) mass is 592 g/mol. The summed E-state index contributed by atoms with van der Waals surface area (Å²) in [5.41, 5.74) is -0.292. The number of carboxylic acid groups (broad SMARTS) is 1. The van der Waals surface area contributed by atoms with Crippen molar-refractivity contribution in [3.8, 4) is 6.07 Å². The number of carbonyl (C=O) groups is 1. The molecular weight excluding hydrogens is 559 g/mol. The molecule has 8 nitrogen and oxygen atoms in total. The van der Waals surface area contributed by atoms with Crippen molar-refractivity contribution in [3.63, 3.8) is 0 Å². The van der Waals surface area contributed by atoms with Crippen LogP contribution in [0.3, 0.4) is 0 Å². The summed E-state index contributed by atoms with van der Waals surface area (Å²) in [4.78, 5) is 13.2. The van der Waals surface area contributed by atoms with E-state index in [0.717, 1.165) is 38.4 Å². The van der Waals surface area contributed by atoms with E-state index in [1.54, 1.807) is 21.3 Å². The van der Waals surface area contributed by atoms with Gasteiger partial charge in [0.15, 0.2) is 0 Å². The summed E-state index contributed by atoms with van der Waals surface area (Å²) in [6, 6.07) is 6.61. The van der Waals surface area contributed by atoms with Gasteiger partial charge in [0.1, 0.15) is 4.90 Å². The molecule has 222 valence electrons. The Morgan fingerprint density at radius 1 is 1.15 bits per heavy atom. The third-order valence-corrected chi connectivity index (χ3v) is 10.3. The average Bonchev–Trinajstić information content (AvgIpc) is 3.46. The molecule has 4 fully saturated rings. The van der Waals surface area contributed by atoms with Crippen LogP contribution in [0.1, 0.15) is 44.6 Å². The van der Waals surface area contributed by atoms with Crippen LogP contribution in [-0.4, -0.2) is 86.6 Å². The Bertz CT molecular complexity index is 1250. The number of alkyl halides is 5. The molecule has 14 heteroatoms. The van der Waals surface area contributed by atoms with Gasteiger partial charge in [0.25, 0.3) is 5.92 Å². The quantitative estimate of drug-likeness (QED) is 0.512. The second-order valence-corrected chi connectivity index (χ2v) is 13.4. The third-order valence-electron chi connectivity index (χ3n) is 8.36. The van der Waals surface area contributed by atoms with Crippen LogP contribution in [-0.2, 0) is 14.8 Å². The van der Waals surface area contributed by atoms with Gasteiger partial charge in [0, 0.05) is 39.1 Å². The summed E-state index contributed by atoms with van der Waals surface area (Å²) < 4.78 is 88.2. The van der Waals surface area contributed by atoms with Crippen LogP contribution in [0.25, 0.3) is 0 Å². The first-order valence-electron chi connectivity index (χ1n) is 13.3. The number of nitriles is 1. The lowest BCUT2D eigenvalue weighted by atomic mass is 9.95. The molecule has 40 heavy (non-hydrogen) atoms. The van der Waals surface area contributed by atoms with Crippen molar-refractivity contribution < 1.29 is 40.3 Å². The molecule has 1 saturated carbocycles. The lowest BCUT2D eigenvalue weighted by Gasteiger charge is -2.43. The SMILES string of the molecule is CC1CCN(CC2CCCN(S(=O)(=O)c3cc(C#N)ccc3N3CC4(C3)CC4(F)F)C2)CC1.O=C(O)C(F)(F)F. The highest BCUT2D eigenvalue weighted by molar-refractivity contribution is 7.89. The van der Waals surface area contributed by atoms with Crippen LogP contribution in [0.4, 0.5) is 27.6 Å². The van der Waals surface area contributed by atoms with Crippen molar-refractivity contribution in [1.29, 1.82) is 5.26 Å². The molecule has 5 rings (SSSR count). The number of likely N-dealkylation sites (tertiary alicyclic amines) is 1. The molecule has 0 radical (unpaired) electrons. The number of halogens is 5. The highest BCUT2D eigenvalue weighted by Crippen LogP contribution is 2.65. The smallest absolute Gasteiger partial charge is 0.475 e. The minimum atomic E-state index is -5.08. The van der Waals surface area contributed by atoms with E-state index < -0.39 is 33.5 Å². The first-order valence-corrected chi connectivity index (χ1v) is 14.7. The molecule has 0 aromatic heterocycles. The van der Waals surface area contributed by atoms with E-state index in [0.29, 0.717) is 18.8 Å². The Kier molecular flexibility index (Phi) is 8.42. The molecule has 3 heterocycles. The molecule has 1 N–H and O–H groups in total. The zero-order chi connectivity index (χ0) is 29.5. The highest BCUT2D eigenvalue weighted by Gasteiger charge is 2.76. The molecule has 0 amide bonds. The molecule has 1 aliphatic carbocycles. The van der Waals surface area contributed by atoms with Crippen molar-refractivity contribution in [2.24, 2.45) is 17.3 Å². The normalized spacial score (nSPS) is 24.9. The maximum absolute atomic E-state index is 13.7. The van der Waals surface area contributed by atoms with Gasteiger partial charge in [-0.05, 0) is 68.8 Å². The number of anilines is 1. The van der Waals surface area contributed by atoms with Gasteiger partial charge in [-0.25, -0.2) is 22.0 Å². The van der Waals surface area contributed by atoms with Gasteiger partial charge < -0.3 is 14.9 Å². The van der Waals surface area contributed by atoms with Crippen molar-refractivity contribution in [3.05, 3.63) is 23.8 Å². The Balaban J connectivity index is 0.000000470. The fourth-order valence-electron chi connectivity index (χ4n) is 5.77. The maximum Gasteiger partial charge on any atom is 0.490 e. The second-order valence-electron chi connectivity index (χ2n) is 11.5. The Labute approximate surface area is 230 Å². The van der Waals surface area contributed by atoms with Gasteiger partial charge in [-0.1, -0.05) is 6.92 Å². The van der Waals surface area contributed by atoms with E-state index in [4.69, 9.17) is 9.90 Å². The maximum atomic E-state index is 13.7. The molecule has 1 spiro atoms. The molecule has 1 aromatic rings. The number of aliphatic carboxylic acids is 1. The van der Waals surface area contributed by atoms with E-state index >= 15 is 0 Å². The van der Waals surface area contributed by atoms with Crippen molar-refractivity contribution in [1.82, 2.24) is 9.21 Å². The van der Waals surface area contributed by atoms with Gasteiger partial charge in [-0.2, -0.15) is 22.7 Å². The van der Waals surface area contributed by atoms with Gasteiger partial charge >= 0.3 is 12.1 Å². The third kappa shape index (κ3) is 6.36. The first kappa shape index (κ1) is 30.5. The van der Waals surface area contributed by atoms with Crippen molar-refractivity contribution >= 4 is 21.7 Å². The van der Waals surface area contributed by atoms with Gasteiger partial charge in [0.2, 0.25) is 10.0 Å². The van der Waals surface area contributed by atoms with Crippen molar-refractivity contribution in [2.45, 2.75) is 56.0 Å². The predicted octanol–water partition coefficient (Wildman–Crippen LogP) is 4.17. The average molecular weight is 593 g/mol. The molecule has 1 atom stereocenters. The number of benzene rings is 1. The number of piperidine rings is 2. The van der Waals surface area contributed by atoms with Crippen molar-refractivity contribution in [2.75, 3.05) is 50.7 Å². The van der Waals surface area contributed by atoms with Crippen LogP contribution >= 0.6 is 0 Å². The number of sulfonamides is 1. The van der Waals surface area contributed by atoms with E-state index in [1.807, 2.05) is 6.07 Å². The molecule has 0 bridgehead atoms. The summed E-state index contributed by atoms with van der Waals surface area (Å²) in [5.74, 6) is -4.37. The standard InChI is InChI=1S/C24H32F2N4O2S.C2HF3O2/c1-18-6-9-28(10-7-18)13-20-3-2-8-30(14-20)33(31,32)22-11-19(12-27)4-5-21(22)29-16-23(17-29)15-24(23,25)26;3-2(4,5)1(6)7/h4-5,11,18,20H,2-3,6-10,13-17H2,1H3;(H,6,7). The zero-order valence-corrected chi connectivity index (χ0v) is 22.9. The Hall–Kier alpha value is -2.50. The van der Waals surface area contributed by atoms with Gasteiger partial charge in [-0.15, -0.1) is 0 Å².